The van der Waals surface area contributed by atoms with Gasteiger partial charge in [-0.15, -0.1) is 0 Å². The summed E-state index contributed by atoms with van der Waals surface area (Å²) in [6.07, 6.45) is 3.49. The largest absolute Gasteiger partial charge is 0.399 e. The Morgan fingerprint density at radius 3 is 2.67 bits per heavy atom. The van der Waals surface area contributed by atoms with E-state index in [0.29, 0.717) is 5.41 Å². The normalized spacial score (nSPS) is 24.4. The van der Waals surface area contributed by atoms with Gasteiger partial charge in [0.15, 0.2) is 0 Å². The molecule has 1 aliphatic heterocycles. The average Bonchev–Trinajstić information content (AvgIpc) is 2.70. The summed E-state index contributed by atoms with van der Waals surface area (Å²) < 4.78 is 0. The first-order valence-electron chi connectivity index (χ1n) is 6.64. The first kappa shape index (κ1) is 11.7. The number of benzene rings is 1. The molecular weight excluding hydrogens is 224 g/mol. The number of fused-ring (bicyclic) bond motifs is 2. The number of piperidine rings is 1. The van der Waals surface area contributed by atoms with E-state index in [0.717, 1.165) is 12.1 Å². The average molecular weight is 244 g/mol. The number of hydrogen-bond donors (Lipinski definition) is 0. The fourth-order valence-corrected chi connectivity index (χ4v) is 3.39. The lowest BCUT2D eigenvalue weighted by Crippen LogP contribution is -2.39. The highest BCUT2D eigenvalue weighted by Gasteiger charge is 2.43. The van der Waals surface area contributed by atoms with Crippen LogP contribution in [0.1, 0.15) is 30.4 Å². The van der Waals surface area contributed by atoms with Crippen molar-refractivity contribution in [3.63, 3.8) is 0 Å². The Labute approximate surface area is 108 Å². The molecule has 1 heterocycles. The van der Waals surface area contributed by atoms with Gasteiger partial charge in [-0.05, 0) is 38.5 Å². The van der Waals surface area contributed by atoms with Crippen LogP contribution in [0, 0.1) is 0 Å². The predicted molar refractivity (Wildman–Crippen MR) is 73.0 cm³/mol. The zero-order valence-electron chi connectivity index (χ0n) is 11.1. The minimum atomic E-state index is 0.306. The summed E-state index contributed by atoms with van der Waals surface area (Å²) in [7, 11) is 3.84. The maximum absolute atomic E-state index is 5.02. The molecule has 3 rings (SSSR count). The first-order chi connectivity index (χ1) is 8.75. The standard InChI is InChI=1S/C15H20N2O/c1-17-9-7-15(8-10-17)11-14(16-18-2)12-5-3-4-6-13(12)15/h3-6H,7-11H2,1-2H3/b16-14-. The summed E-state index contributed by atoms with van der Waals surface area (Å²) in [5.41, 5.74) is 4.20. The van der Waals surface area contributed by atoms with Gasteiger partial charge in [0.05, 0.1) is 5.71 Å². The molecule has 18 heavy (non-hydrogen) atoms. The van der Waals surface area contributed by atoms with Crippen molar-refractivity contribution in [2.75, 3.05) is 27.2 Å². The maximum Gasteiger partial charge on any atom is 0.106 e. The molecule has 1 spiro atoms. The third-order valence-corrected chi connectivity index (χ3v) is 4.46. The SMILES string of the molecule is CO/N=C1/CC2(CCN(C)CC2)c2ccccc21. The molecule has 0 bridgehead atoms. The number of rotatable bonds is 1. The smallest absolute Gasteiger partial charge is 0.106 e. The minimum absolute atomic E-state index is 0.306. The lowest BCUT2D eigenvalue weighted by Gasteiger charge is -2.38. The van der Waals surface area contributed by atoms with Gasteiger partial charge >= 0.3 is 0 Å². The van der Waals surface area contributed by atoms with Crippen molar-refractivity contribution >= 4 is 5.71 Å². The molecule has 0 radical (unpaired) electrons. The Hall–Kier alpha value is -1.35. The van der Waals surface area contributed by atoms with Crippen LogP contribution in [-0.2, 0) is 10.3 Å². The molecule has 1 fully saturated rings. The zero-order chi connectivity index (χ0) is 12.6. The van der Waals surface area contributed by atoms with Gasteiger partial charge in [0.2, 0.25) is 0 Å². The lowest BCUT2D eigenvalue weighted by atomic mass is 9.74. The van der Waals surface area contributed by atoms with E-state index >= 15 is 0 Å². The van der Waals surface area contributed by atoms with Crippen LogP contribution < -0.4 is 0 Å². The molecule has 1 aliphatic carbocycles. The van der Waals surface area contributed by atoms with Gasteiger partial charge in [0, 0.05) is 17.4 Å². The quantitative estimate of drug-likeness (QED) is 0.709. The van der Waals surface area contributed by atoms with E-state index in [1.54, 1.807) is 7.11 Å². The number of hydrogen-bond acceptors (Lipinski definition) is 3. The van der Waals surface area contributed by atoms with Crippen LogP contribution in [0.4, 0.5) is 0 Å². The molecule has 0 atom stereocenters. The van der Waals surface area contributed by atoms with Crippen LogP contribution in [0.15, 0.2) is 29.4 Å². The summed E-state index contributed by atoms with van der Waals surface area (Å²) in [5, 5.41) is 4.24. The van der Waals surface area contributed by atoms with Gasteiger partial charge in [-0.2, -0.15) is 0 Å². The number of likely N-dealkylation sites (tertiary alicyclic amines) is 1. The van der Waals surface area contributed by atoms with Crippen molar-refractivity contribution in [2.24, 2.45) is 5.16 Å². The second kappa shape index (κ2) is 4.39. The summed E-state index contributed by atoms with van der Waals surface area (Å²) in [6, 6.07) is 8.70. The van der Waals surface area contributed by atoms with Crippen LogP contribution in [0.25, 0.3) is 0 Å². The molecule has 1 aromatic rings. The van der Waals surface area contributed by atoms with Gasteiger partial charge in [-0.25, -0.2) is 0 Å². The van der Waals surface area contributed by atoms with Crippen LogP contribution in [-0.4, -0.2) is 37.9 Å². The van der Waals surface area contributed by atoms with Crippen LogP contribution >= 0.6 is 0 Å². The molecule has 0 saturated carbocycles. The van der Waals surface area contributed by atoms with Gasteiger partial charge < -0.3 is 9.74 Å². The predicted octanol–water partition coefficient (Wildman–Crippen LogP) is 2.40. The Morgan fingerprint density at radius 1 is 1.22 bits per heavy atom. The third-order valence-electron chi connectivity index (χ3n) is 4.46. The van der Waals surface area contributed by atoms with Gasteiger partial charge in [0.1, 0.15) is 7.11 Å². The van der Waals surface area contributed by atoms with Crippen molar-refractivity contribution in [3.8, 4) is 0 Å². The fraction of sp³-hybridized carbons (Fsp3) is 0.533. The molecule has 1 saturated heterocycles. The van der Waals surface area contributed by atoms with Crippen molar-refractivity contribution in [2.45, 2.75) is 24.7 Å². The van der Waals surface area contributed by atoms with E-state index < -0.39 is 0 Å². The molecule has 96 valence electrons. The zero-order valence-corrected chi connectivity index (χ0v) is 11.1. The minimum Gasteiger partial charge on any atom is -0.399 e. The van der Waals surface area contributed by atoms with E-state index in [2.05, 4.69) is 41.4 Å². The van der Waals surface area contributed by atoms with Crippen LogP contribution in [0.3, 0.4) is 0 Å². The molecule has 2 aliphatic rings. The van der Waals surface area contributed by atoms with Gasteiger partial charge in [0.25, 0.3) is 0 Å². The van der Waals surface area contributed by atoms with Gasteiger partial charge in [-0.1, -0.05) is 29.4 Å². The van der Waals surface area contributed by atoms with Crippen molar-refractivity contribution in [1.29, 1.82) is 0 Å². The molecule has 3 nitrogen and oxygen atoms in total. The topological polar surface area (TPSA) is 24.8 Å². The summed E-state index contributed by atoms with van der Waals surface area (Å²) >= 11 is 0. The van der Waals surface area contributed by atoms with E-state index in [1.165, 1.54) is 37.1 Å². The second-order valence-electron chi connectivity index (χ2n) is 5.53. The van der Waals surface area contributed by atoms with Crippen molar-refractivity contribution in [3.05, 3.63) is 35.4 Å². The molecule has 0 amide bonds. The highest BCUT2D eigenvalue weighted by molar-refractivity contribution is 6.05. The molecule has 3 heteroatoms. The molecule has 0 N–H and O–H groups in total. The third kappa shape index (κ3) is 1.74. The van der Waals surface area contributed by atoms with Gasteiger partial charge in [-0.3, -0.25) is 0 Å². The van der Waals surface area contributed by atoms with Crippen molar-refractivity contribution in [1.82, 2.24) is 4.90 Å². The van der Waals surface area contributed by atoms with E-state index in [9.17, 15) is 0 Å². The Kier molecular flexibility index (Phi) is 2.86. The number of nitrogens with zero attached hydrogens (tertiary/aromatic N) is 2. The molecular formula is C15H20N2O. The maximum atomic E-state index is 5.02. The summed E-state index contributed by atoms with van der Waals surface area (Å²) in [6.45, 7) is 2.35. The highest BCUT2D eigenvalue weighted by Crippen LogP contribution is 2.46. The van der Waals surface area contributed by atoms with E-state index in [4.69, 9.17) is 4.84 Å². The molecule has 1 aromatic carbocycles. The van der Waals surface area contributed by atoms with E-state index in [-0.39, 0.29) is 0 Å². The van der Waals surface area contributed by atoms with E-state index in [1.807, 2.05) is 0 Å². The monoisotopic (exact) mass is 244 g/mol. The fourth-order valence-electron chi connectivity index (χ4n) is 3.39. The summed E-state index contributed by atoms with van der Waals surface area (Å²) in [4.78, 5) is 7.43. The Bertz CT molecular complexity index is 473. The van der Waals surface area contributed by atoms with Crippen molar-refractivity contribution < 1.29 is 4.84 Å². The second-order valence-corrected chi connectivity index (χ2v) is 5.53. The Balaban J connectivity index is 2.02. The molecule has 0 aromatic heterocycles. The summed E-state index contributed by atoms with van der Waals surface area (Å²) in [5.74, 6) is 0. The molecule has 0 unspecified atom stereocenters. The number of oxime groups is 1. The van der Waals surface area contributed by atoms with Crippen LogP contribution in [0.5, 0.6) is 0 Å². The highest BCUT2D eigenvalue weighted by atomic mass is 16.6. The first-order valence-corrected chi connectivity index (χ1v) is 6.64. The lowest BCUT2D eigenvalue weighted by molar-refractivity contribution is 0.191. The Morgan fingerprint density at radius 2 is 1.94 bits per heavy atom. The van der Waals surface area contributed by atoms with Crippen LogP contribution in [0.2, 0.25) is 0 Å².